The number of benzene rings is 2. The Kier molecular flexibility index (Phi) is 4.14. The first-order valence-electron chi connectivity index (χ1n) is 8.20. The van der Waals surface area contributed by atoms with E-state index in [1.165, 1.54) is 5.56 Å². The van der Waals surface area contributed by atoms with Crippen molar-refractivity contribution in [2.75, 3.05) is 20.2 Å². The quantitative estimate of drug-likeness (QED) is 0.785. The van der Waals surface area contributed by atoms with Crippen LogP contribution in [0.3, 0.4) is 0 Å². The lowest BCUT2D eigenvalue weighted by Gasteiger charge is -2.37. The minimum Gasteiger partial charge on any atom is -0.493 e. The maximum absolute atomic E-state index is 6.23. The molecule has 5 heteroatoms. The monoisotopic (exact) mass is 389 g/mol. The summed E-state index contributed by atoms with van der Waals surface area (Å²) in [6.45, 7) is 2.86. The summed E-state index contributed by atoms with van der Waals surface area (Å²) in [6.07, 6.45) is 1.67. The molecule has 1 saturated heterocycles. The van der Waals surface area contributed by atoms with E-state index >= 15 is 0 Å². The fraction of sp³-hybridized carbons (Fsp3) is 0.368. The predicted molar refractivity (Wildman–Crippen MR) is 95.6 cm³/mol. The summed E-state index contributed by atoms with van der Waals surface area (Å²) in [5.41, 5.74) is 1.34. The highest BCUT2D eigenvalue weighted by molar-refractivity contribution is 9.10. The van der Waals surface area contributed by atoms with Crippen molar-refractivity contribution in [3.63, 3.8) is 0 Å². The number of nitrogens with zero attached hydrogens (tertiary/aromatic N) is 1. The molecule has 4 nitrogen and oxygen atoms in total. The molecule has 2 aromatic carbocycles. The van der Waals surface area contributed by atoms with Crippen LogP contribution in [0.25, 0.3) is 0 Å². The Morgan fingerprint density at radius 3 is 2.46 bits per heavy atom. The maximum Gasteiger partial charge on any atom is 0.254 e. The van der Waals surface area contributed by atoms with Gasteiger partial charge in [0.2, 0.25) is 5.75 Å². The first-order chi connectivity index (χ1) is 11.7. The van der Waals surface area contributed by atoms with Crippen molar-refractivity contribution in [3.8, 4) is 17.2 Å². The number of methoxy groups -OCH3 is 1. The minimum atomic E-state index is -0.563. The van der Waals surface area contributed by atoms with E-state index in [-0.39, 0.29) is 0 Å². The van der Waals surface area contributed by atoms with Crippen LogP contribution < -0.4 is 14.2 Å². The smallest absolute Gasteiger partial charge is 0.254 e. The van der Waals surface area contributed by atoms with E-state index < -0.39 is 5.79 Å². The van der Waals surface area contributed by atoms with Crippen LogP contribution in [0, 0.1) is 0 Å². The molecular formula is C19H20BrNO3. The molecule has 1 spiro atoms. The molecule has 24 heavy (non-hydrogen) atoms. The van der Waals surface area contributed by atoms with Crippen LogP contribution in [0.15, 0.2) is 46.9 Å². The second-order valence-corrected chi connectivity index (χ2v) is 7.14. The van der Waals surface area contributed by atoms with Crippen molar-refractivity contribution in [2.24, 2.45) is 0 Å². The molecule has 0 aliphatic carbocycles. The summed E-state index contributed by atoms with van der Waals surface area (Å²) < 4.78 is 18.8. The number of piperidine rings is 1. The molecule has 0 saturated carbocycles. The van der Waals surface area contributed by atoms with Crippen LogP contribution in [0.4, 0.5) is 0 Å². The SMILES string of the molecule is COc1ccc(Br)c2c1OC1(CCN(Cc3ccccc3)CC1)O2. The van der Waals surface area contributed by atoms with Gasteiger partial charge in [-0.05, 0) is 33.6 Å². The van der Waals surface area contributed by atoms with Gasteiger partial charge in [-0.1, -0.05) is 30.3 Å². The van der Waals surface area contributed by atoms with Gasteiger partial charge < -0.3 is 14.2 Å². The molecular weight excluding hydrogens is 370 g/mol. The molecule has 1 fully saturated rings. The number of halogens is 1. The normalized spacial score (nSPS) is 18.8. The van der Waals surface area contributed by atoms with Crippen LogP contribution >= 0.6 is 15.9 Å². The highest BCUT2D eigenvalue weighted by Crippen LogP contribution is 2.52. The van der Waals surface area contributed by atoms with Gasteiger partial charge in [-0.3, -0.25) is 4.90 Å². The molecule has 0 atom stereocenters. The Bertz CT molecular complexity index is 727. The van der Waals surface area contributed by atoms with Crippen LogP contribution in [-0.2, 0) is 6.54 Å². The molecule has 0 aromatic heterocycles. The van der Waals surface area contributed by atoms with Gasteiger partial charge >= 0.3 is 0 Å². The van der Waals surface area contributed by atoms with Gasteiger partial charge in [0.25, 0.3) is 5.79 Å². The van der Waals surface area contributed by atoms with Gasteiger partial charge in [0, 0.05) is 32.5 Å². The van der Waals surface area contributed by atoms with Gasteiger partial charge in [0.15, 0.2) is 11.5 Å². The lowest BCUT2D eigenvalue weighted by atomic mass is 10.0. The predicted octanol–water partition coefficient (Wildman–Crippen LogP) is 4.22. The molecule has 0 N–H and O–H groups in total. The summed E-state index contributed by atoms with van der Waals surface area (Å²) in [7, 11) is 1.65. The summed E-state index contributed by atoms with van der Waals surface area (Å²) in [5.74, 6) is 1.62. The lowest BCUT2D eigenvalue weighted by Crippen LogP contribution is -2.49. The second-order valence-electron chi connectivity index (χ2n) is 6.28. The fourth-order valence-corrected chi connectivity index (χ4v) is 3.76. The zero-order chi connectivity index (χ0) is 16.6. The van der Waals surface area contributed by atoms with Gasteiger partial charge in [-0.15, -0.1) is 0 Å². The Morgan fingerprint density at radius 2 is 1.75 bits per heavy atom. The van der Waals surface area contributed by atoms with Crippen molar-refractivity contribution in [3.05, 3.63) is 52.5 Å². The number of rotatable bonds is 3. The van der Waals surface area contributed by atoms with Gasteiger partial charge in [0.1, 0.15) is 0 Å². The van der Waals surface area contributed by atoms with E-state index in [0.717, 1.165) is 48.4 Å². The summed E-state index contributed by atoms with van der Waals surface area (Å²) >= 11 is 3.55. The van der Waals surface area contributed by atoms with Crippen molar-refractivity contribution >= 4 is 15.9 Å². The van der Waals surface area contributed by atoms with Crippen molar-refractivity contribution in [1.82, 2.24) is 4.90 Å². The molecule has 2 aliphatic heterocycles. The van der Waals surface area contributed by atoms with E-state index in [2.05, 4.69) is 51.2 Å². The number of ether oxygens (including phenoxy) is 3. The molecule has 126 valence electrons. The molecule has 0 bridgehead atoms. The Morgan fingerprint density at radius 1 is 1.04 bits per heavy atom. The Balaban J connectivity index is 1.45. The Labute approximate surface area is 150 Å². The molecule has 2 heterocycles. The van der Waals surface area contributed by atoms with Gasteiger partial charge in [0.05, 0.1) is 11.6 Å². The number of fused-ring (bicyclic) bond motifs is 1. The van der Waals surface area contributed by atoms with Gasteiger partial charge in [-0.25, -0.2) is 0 Å². The highest BCUT2D eigenvalue weighted by Gasteiger charge is 2.46. The molecule has 4 rings (SSSR count). The third-order valence-electron chi connectivity index (χ3n) is 4.69. The summed E-state index contributed by atoms with van der Waals surface area (Å²) in [5, 5.41) is 0. The standard InChI is InChI=1S/C19H20BrNO3/c1-22-16-8-7-15(20)17-18(16)24-19(23-17)9-11-21(12-10-19)13-14-5-3-2-4-6-14/h2-8H,9-13H2,1H3. The van der Waals surface area contributed by atoms with Crippen molar-refractivity contribution < 1.29 is 14.2 Å². The third-order valence-corrected chi connectivity index (χ3v) is 5.32. The first kappa shape index (κ1) is 15.8. The molecule has 0 amide bonds. The summed E-state index contributed by atoms with van der Waals surface area (Å²) in [6, 6.07) is 14.4. The van der Waals surface area contributed by atoms with E-state index in [9.17, 15) is 0 Å². The molecule has 0 radical (unpaired) electrons. The van der Waals surface area contributed by atoms with Gasteiger partial charge in [-0.2, -0.15) is 0 Å². The van der Waals surface area contributed by atoms with E-state index in [4.69, 9.17) is 14.2 Å². The van der Waals surface area contributed by atoms with Crippen molar-refractivity contribution in [1.29, 1.82) is 0 Å². The van der Waals surface area contributed by atoms with E-state index in [1.54, 1.807) is 7.11 Å². The topological polar surface area (TPSA) is 30.9 Å². The van der Waals surface area contributed by atoms with E-state index in [1.807, 2.05) is 12.1 Å². The first-order valence-corrected chi connectivity index (χ1v) is 8.99. The minimum absolute atomic E-state index is 0.563. The Hall–Kier alpha value is -1.72. The van der Waals surface area contributed by atoms with Crippen LogP contribution in [0.1, 0.15) is 18.4 Å². The zero-order valence-electron chi connectivity index (χ0n) is 13.6. The van der Waals surface area contributed by atoms with Crippen LogP contribution in [-0.4, -0.2) is 30.9 Å². The molecule has 2 aliphatic rings. The van der Waals surface area contributed by atoms with Crippen LogP contribution in [0.5, 0.6) is 17.2 Å². The third kappa shape index (κ3) is 2.87. The largest absolute Gasteiger partial charge is 0.493 e. The zero-order valence-corrected chi connectivity index (χ0v) is 15.2. The average molecular weight is 390 g/mol. The van der Waals surface area contributed by atoms with E-state index in [0.29, 0.717) is 5.75 Å². The highest BCUT2D eigenvalue weighted by atomic mass is 79.9. The summed E-state index contributed by atoms with van der Waals surface area (Å²) in [4.78, 5) is 2.45. The second kappa shape index (κ2) is 6.30. The lowest BCUT2D eigenvalue weighted by molar-refractivity contribution is -0.120. The number of likely N-dealkylation sites (tertiary alicyclic amines) is 1. The van der Waals surface area contributed by atoms with Crippen molar-refractivity contribution in [2.45, 2.75) is 25.2 Å². The fourth-order valence-electron chi connectivity index (χ4n) is 3.36. The maximum atomic E-state index is 6.23. The average Bonchev–Trinajstić information content (AvgIpc) is 2.99. The van der Waals surface area contributed by atoms with Crippen LogP contribution in [0.2, 0.25) is 0 Å². The number of hydrogen-bond donors (Lipinski definition) is 0. The molecule has 0 unspecified atom stereocenters. The molecule has 2 aromatic rings. The number of hydrogen-bond acceptors (Lipinski definition) is 4.